The van der Waals surface area contributed by atoms with E-state index >= 15 is 0 Å². The molecule has 4 aromatic rings. The van der Waals surface area contributed by atoms with Crippen LogP contribution in [-0.2, 0) is 19.4 Å². The van der Waals surface area contributed by atoms with Gasteiger partial charge in [0.25, 0.3) is 5.91 Å². The summed E-state index contributed by atoms with van der Waals surface area (Å²) in [6, 6.07) is 18.3. The molecule has 0 bridgehead atoms. The second-order valence-corrected chi connectivity index (χ2v) is 7.57. The number of hydrogen-bond donors (Lipinski definition) is 2. The maximum atomic E-state index is 13.0. The number of hydrogen-bond acceptors (Lipinski definition) is 4. The molecule has 0 unspecified atom stereocenters. The number of H-pyrrole nitrogens is 1. The summed E-state index contributed by atoms with van der Waals surface area (Å²) in [7, 11) is 0. The summed E-state index contributed by atoms with van der Waals surface area (Å²) in [5, 5.41) is 4.56. The summed E-state index contributed by atoms with van der Waals surface area (Å²) in [5.74, 6) is 0.622. The monoisotopic (exact) mass is 397 g/mol. The Morgan fingerprint density at radius 3 is 2.83 bits per heavy atom. The van der Waals surface area contributed by atoms with E-state index in [9.17, 15) is 4.79 Å². The molecule has 0 saturated heterocycles. The highest BCUT2D eigenvalue weighted by molar-refractivity contribution is 5.93. The van der Waals surface area contributed by atoms with Crippen molar-refractivity contribution >= 4 is 22.6 Å². The molecule has 6 nitrogen and oxygen atoms in total. The lowest BCUT2D eigenvalue weighted by Crippen LogP contribution is -2.36. The van der Waals surface area contributed by atoms with Crippen molar-refractivity contribution < 1.29 is 4.79 Å². The smallest absolute Gasteiger partial charge is 0.272 e. The molecular formula is C24H23N5O. The Morgan fingerprint density at radius 2 is 1.90 bits per heavy atom. The zero-order valence-corrected chi connectivity index (χ0v) is 16.6. The molecule has 6 heteroatoms. The second kappa shape index (κ2) is 7.99. The van der Waals surface area contributed by atoms with Crippen LogP contribution in [0.15, 0.2) is 67.1 Å². The maximum absolute atomic E-state index is 13.0. The third kappa shape index (κ3) is 3.64. The number of aromatic nitrogens is 3. The van der Waals surface area contributed by atoms with Crippen LogP contribution in [0, 0.1) is 0 Å². The van der Waals surface area contributed by atoms with E-state index in [1.54, 1.807) is 6.07 Å². The molecule has 2 aromatic heterocycles. The lowest BCUT2D eigenvalue weighted by atomic mass is 10.00. The number of fused-ring (bicyclic) bond motifs is 2. The Hall–Kier alpha value is -3.67. The summed E-state index contributed by atoms with van der Waals surface area (Å²) < 4.78 is 0. The molecule has 0 aliphatic carbocycles. The molecule has 30 heavy (non-hydrogen) atoms. The Balaban J connectivity index is 1.24. The molecule has 2 N–H and O–H groups in total. The van der Waals surface area contributed by atoms with Crippen LogP contribution in [0.5, 0.6) is 0 Å². The molecule has 0 radical (unpaired) electrons. The SMILES string of the molecule is O=C(c1cc(NCCc2c[nH]c3ccccc23)ncn1)N1CCc2ccccc2C1. The minimum Gasteiger partial charge on any atom is -0.370 e. The van der Waals surface area contributed by atoms with Crippen molar-refractivity contribution in [3.05, 3.63) is 89.5 Å². The number of nitrogens with zero attached hydrogens (tertiary/aromatic N) is 3. The highest BCUT2D eigenvalue weighted by Gasteiger charge is 2.22. The van der Waals surface area contributed by atoms with Crippen molar-refractivity contribution in [2.75, 3.05) is 18.4 Å². The topological polar surface area (TPSA) is 73.9 Å². The van der Waals surface area contributed by atoms with E-state index in [4.69, 9.17) is 0 Å². The van der Waals surface area contributed by atoms with Gasteiger partial charge in [0.2, 0.25) is 0 Å². The molecule has 3 heterocycles. The van der Waals surface area contributed by atoms with Crippen LogP contribution in [0.25, 0.3) is 10.9 Å². The molecule has 150 valence electrons. The van der Waals surface area contributed by atoms with Crippen molar-refractivity contribution in [2.24, 2.45) is 0 Å². The molecule has 0 saturated carbocycles. The molecule has 1 aliphatic heterocycles. The first-order valence-corrected chi connectivity index (χ1v) is 10.2. The van der Waals surface area contributed by atoms with Crippen LogP contribution in [0.3, 0.4) is 0 Å². The van der Waals surface area contributed by atoms with Crippen molar-refractivity contribution in [3.63, 3.8) is 0 Å². The van der Waals surface area contributed by atoms with Crippen LogP contribution in [0.1, 0.15) is 27.2 Å². The fourth-order valence-electron chi connectivity index (χ4n) is 4.07. The lowest BCUT2D eigenvalue weighted by Gasteiger charge is -2.28. The van der Waals surface area contributed by atoms with Crippen LogP contribution in [0.4, 0.5) is 5.82 Å². The largest absolute Gasteiger partial charge is 0.370 e. The van der Waals surface area contributed by atoms with E-state index in [2.05, 4.69) is 62.9 Å². The number of nitrogens with one attached hydrogen (secondary N) is 2. The molecule has 2 aromatic carbocycles. The van der Waals surface area contributed by atoms with E-state index in [0.717, 1.165) is 24.9 Å². The van der Waals surface area contributed by atoms with Gasteiger partial charge < -0.3 is 15.2 Å². The fourth-order valence-corrected chi connectivity index (χ4v) is 4.07. The van der Waals surface area contributed by atoms with Crippen molar-refractivity contribution in [1.82, 2.24) is 19.9 Å². The minimum absolute atomic E-state index is 0.0495. The summed E-state index contributed by atoms with van der Waals surface area (Å²) in [6.07, 6.45) is 5.25. The predicted molar refractivity (Wildman–Crippen MR) is 117 cm³/mol. The molecule has 0 fully saturated rings. The number of anilines is 1. The zero-order valence-electron chi connectivity index (χ0n) is 16.6. The van der Waals surface area contributed by atoms with Gasteiger partial charge >= 0.3 is 0 Å². The third-order valence-electron chi connectivity index (χ3n) is 5.68. The van der Waals surface area contributed by atoms with E-state index in [1.165, 1.54) is 28.4 Å². The highest BCUT2D eigenvalue weighted by Crippen LogP contribution is 2.21. The number of rotatable bonds is 5. The van der Waals surface area contributed by atoms with Crippen LogP contribution in [0.2, 0.25) is 0 Å². The normalized spacial score (nSPS) is 13.3. The fraction of sp³-hybridized carbons (Fsp3) is 0.208. The van der Waals surface area contributed by atoms with Crippen LogP contribution < -0.4 is 5.32 Å². The average Bonchev–Trinajstić information content (AvgIpc) is 3.22. The van der Waals surface area contributed by atoms with Crippen LogP contribution >= 0.6 is 0 Å². The number of para-hydroxylation sites is 1. The van der Waals surface area contributed by atoms with E-state index in [1.807, 2.05) is 17.0 Å². The lowest BCUT2D eigenvalue weighted by molar-refractivity contribution is 0.0728. The highest BCUT2D eigenvalue weighted by atomic mass is 16.2. The van der Waals surface area contributed by atoms with Crippen molar-refractivity contribution in [3.8, 4) is 0 Å². The van der Waals surface area contributed by atoms with Crippen molar-refractivity contribution in [2.45, 2.75) is 19.4 Å². The van der Waals surface area contributed by atoms with Crippen molar-refractivity contribution in [1.29, 1.82) is 0 Å². The van der Waals surface area contributed by atoms with E-state index in [0.29, 0.717) is 24.6 Å². The molecule has 0 spiro atoms. The molecule has 1 amide bonds. The Morgan fingerprint density at radius 1 is 1.07 bits per heavy atom. The van der Waals surface area contributed by atoms with Gasteiger partial charge in [-0.2, -0.15) is 0 Å². The summed E-state index contributed by atoms with van der Waals surface area (Å²) in [5.41, 5.74) is 5.37. The van der Waals surface area contributed by atoms with Gasteiger partial charge in [-0.05, 0) is 35.6 Å². The third-order valence-corrected chi connectivity index (χ3v) is 5.68. The first-order chi connectivity index (χ1) is 14.8. The second-order valence-electron chi connectivity index (χ2n) is 7.57. The minimum atomic E-state index is -0.0495. The number of benzene rings is 2. The number of amides is 1. The van der Waals surface area contributed by atoms with Gasteiger partial charge in [-0.25, -0.2) is 9.97 Å². The van der Waals surface area contributed by atoms with Crippen LogP contribution in [-0.4, -0.2) is 38.8 Å². The van der Waals surface area contributed by atoms with E-state index < -0.39 is 0 Å². The molecular weight excluding hydrogens is 374 g/mol. The average molecular weight is 397 g/mol. The van der Waals surface area contributed by atoms with Gasteiger partial charge in [0, 0.05) is 42.8 Å². The van der Waals surface area contributed by atoms with Gasteiger partial charge in [-0.1, -0.05) is 42.5 Å². The summed E-state index contributed by atoms with van der Waals surface area (Å²) in [6.45, 7) is 2.06. The zero-order chi connectivity index (χ0) is 20.3. The summed E-state index contributed by atoms with van der Waals surface area (Å²) >= 11 is 0. The maximum Gasteiger partial charge on any atom is 0.272 e. The summed E-state index contributed by atoms with van der Waals surface area (Å²) in [4.78, 5) is 26.6. The quantitative estimate of drug-likeness (QED) is 0.537. The molecule has 5 rings (SSSR count). The number of aromatic amines is 1. The first kappa shape index (κ1) is 18.4. The Kier molecular flexibility index (Phi) is 4.89. The number of carbonyl (C=O) groups excluding carboxylic acids is 1. The van der Waals surface area contributed by atoms with Gasteiger partial charge in [-0.15, -0.1) is 0 Å². The van der Waals surface area contributed by atoms with Gasteiger partial charge in [-0.3, -0.25) is 4.79 Å². The molecule has 0 atom stereocenters. The van der Waals surface area contributed by atoms with Gasteiger partial charge in [0.1, 0.15) is 17.8 Å². The standard InChI is InChI=1S/C24H23N5O/c30-24(29-12-10-17-5-1-2-6-19(17)15-29)22-13-23(28-16-27-22)25-11-9-18-14-26-21-8-4-3-7-20(18)21/h1-8,13-14,16,26H,9-12,15H2,(H,25,27,28). The first-order valence-electron chi connectivity index (χ1n) is 10.2. The Labute approximate surface area is 175 Å². The molecule has 1 aliphatic rings. The Bertz CT molecular complexity index is 1200. The van der Waals surface area contributed by atoms with E-state index in [-0.39, 0.29) is 5.91 Å². The predicted octanol–water partition coefficient (Wildman–Crippen LogP) is 3.81. The van der Waals surface area contributed by atoms with Gasteiger partial charge in [0.05, 0.1) is 0 Å². The number of carbonyl (C=O) groups is 1. The van der Waals surface area contributed by atoms with Gasteiger partial charge in [0.15, 0.2) is 0 Å².